The molecular formula is C12H23NO. The van der Waals surface area contributed by atoms with E-state index < -0.39 is 0 Å². The van der Waals surface area contributed by atoms with E-state index in [0.29, 0.717) is 0 Å². The van der Waals surface area contributed by atoms with Gasteiger partial charge in [-0.3, -0.25) is 0 Å². The first-order valence-electron chi connectivity index (χ1n) is 6.15. The van der Waals surface area contributed by atoms with Gasteiger partial charge in [0, 0.05) is 18.8 Å². The summed E-state index contributed by atoms with van der Waals surface area (Å²) >= 11 is 0. The quantitative estimate of drug-likeness (QED) is 0.754. The maximum absolute atomic E-state index is 6.34. The molecule has 2 aliphatic rings. The molecule has 0 spiro atoms. The Morgan fingerprint density at radius 1 is 1.14 bits per heavy atom. The highest BCUT2D eigenvalue weighted by atomic mass is 16.5. The van der Waals surface area contributed by atoms with Crippen LogP contribution in [0.2, 0.25) is 0 Å². The van der Waals surface area contributed by atoms with Gasteiger partial charge in [-0.15, -0.1) is 0 Å². The van der Waals surface area contributed by atoms with Crippen molar-refractivity contribution in [2.45, 2.75) is 56.9 Å². The highest BCUT2D eigenvalue weighted by molar-refractivity contribution is 4.89. The van der Waals surface area contributed by atoms with Crippen LogP contribution in [0.4, 0.5) is 0 Å². The van der Waals surface area contributed by atoms with Crippen molar-refractivity contribution in [2.75, 3.05) is 13.2 Å². The Hall–Kier alpha value is -0.0800. The minimum Gasteiger partial charge on any atom is -0.381 e. The lowest BCUT2D eigenvalue weighted by Gasteiger charge is -2.28. The van der Waals surface area contributed by atoms with Gasteiger partial charge in [0.05, 0.1) is 0 Å². The first-order chi connectivity index (χ1) is 6.79. The summed E-state index contributed by atoms with van der Waals surface area (Å²) in [6.07, 6.45) is 10.3. The lowest BCUT2D eigenvalue weighted by atomic mass is 9.86. The van der Waals surface area contributed by atoms with Crippen LogP contribution in [0.15, 0.2) is 0 Å². The van der Waals surface area contributed by atoms with Gasteiger partial charge in [0.1, 0.15) is 0 Å². The number of rotatable bonds is 3. The van der Waals surface area contributed by atoms with Gasteiger partial charge in [0.15, 0.2) is 0 Å². The molecule has 14 heavy (non-hydrogen) atoms. The minimum absolute atomic E-state index is 0.207. The Labute approximate surface area is 87.2 Å². The predicted octanol–water partition coefficient (Wildman–Crippen LogP) is 2.46. The van der Waals surface area contributed by atoms with Crippen molar-refractivity contribution < 1.29 is 4.74 Å². The second-order valence-electron chi connectivity index (χ2n) is 5.16. The smallest absolute Gasteiger partial charge is 0.0468 e. The number of hydrogen-bond donors (Lipinski definition) is 1. The normalized spacial score (nSPS) is 28.1. The Bertz CT molecular complexity index is 169. The van der Waals surface area contributed by atoms with E-state index >= 15 is 0 Å². The third-order valence-corrected chi connectivity index (χ3v) is 3.99. The van der Waals surface area contributed by atoms with E-state index in [9.17, 15) is 0 Å². The zero-order chi connectivity index (χ0) is 9.86. The van der Waals surface area contributed by atoms with Gasteiger partial charge in [0.25, 0.3) is 0 Å². The molecule has 1 saturated carbocycles. The topological polar surface area (TPSA) is 35.2 Å². The molecule has 1 saturated heterocycles. The summed E-state index contributed by atoms with van der Waals surface area (Å²) in [6.45, 7) is 1.95. The van der Waals surface area contributed by atoms with Crippen LogP contribution in [0.5, 0.6) is 0 Å². The summed E-state index contributed by atoms with van der Waals surface area (Å²) in [4.78, 5) is 0. The van der Waals surface area contributed by atoms with E-state index in [4.69, 9.17) is 10.5 Å². The first kappa shape index (κ1) is 10.4. The molecular weight excluding hydrogens is 174 g/mol. The summed E-state index contributed by atoms with van der Waals surface area (Å²) in [5.74, 6) is 0.893. The fourth-order valence-electron chi connectivity index (χ4n) is 2.86. The molecule has 0 aromatic rings. The summed E-state index contributed by atoms with van der Waals surface area (Å²) in [5.41, 5.74) is 6.55. The zero-order valence-electron chi connectivity index (χ0n) is 9.13. The van der Waals surface area contributed by atoms with E-state index in [0.717, 1.165) is 19.1 Å². The Kier molecular flexibility index (Phi) is 3.45. The summed E-state index contributed by atoms with van der Waals surface area (Å²) in [6, 6.07) is 0. The molecule has 0 aromatic heterocycles. The van der Waals surface area contributed by atoms with Crippen molar-refractivity contribution in [3.63, 3.8) is 0 Å². The van der Waals surface area contributed by atoms with Crippen molar-refractivity contribution >= 4 is 0 Å². The number of ether oxygens (including phenoxy) is 1. The lowest BCUT2D eigenvalue weighted by Crippen LogP contribution is -2.37. The van der Waals surface area contributed by atoms with Crippen molar-refractivity contribution in [1.29, 1.82) is 0 Å². The average Bonchev–Trinajstić information content (AvgIpc) is 2.65. The Morgan fingerprint density at radius 3 is 2.43 bits per heavy atom. The van der Waals surface area contributed by atoms with Crippen LogP contribution < -0.4 is 5.73 Å². The second kappa shape index (κ2) is 4.63. The fraction of sp³-hybridized carbons (Fsp3) is 1.00. The molecule has 2 nitrogen and oxygen atoms in total. The molecule has 0 atom stereocenters. The summed E-state index contributed by atoms with van der Waals surface area (Å²) < 4.78 is 5.37. The molecule has 2 rings (SSSR count). The van der Waals surface area contributed by atoms with Crippen molar-refractivity contribution in [1.82, 2.24) is 0 Å². The van der Waals surface area contributed by atoms with Gasteiger partial charge in [-0.1, -0.05) is 12.8 Å². The van der Waals surface area contributed by atoms with Crippen molar-refractivity contribution in [2.24, 2.45) is 11.7 Å². The monoisotopic (exact) mass is 197 g/mol. The minimum atomic E-state index is 0.207. The molecule has 0 bridgehead atoms. The molecule has 2 heteroatoms. The van der Waals surface area contributed by atoms with Crippen molar-refractivity contribution in [3.05, 3.63) is 0 Å². The van der Waals surface area contributed by atoms with Crippen LogP contribution in [-0.2, 0) is 4.74 Å². The SMILES string of the molecule is NC1(CCC2CCOCC2)CCCC1. The maximum atomic E-state index is 6.34. The van der Waals surface area contributed by atoms with Gasteiger partial charge in [-0.05, 0) is 44.4 Å². The van der Waals surface area contributed by atoms with E-state index in [-0.39, 0.29) is 5.54 Å². The van der Waals surface area contributed by atoms with Crippen LogP contribution in [-0.4, -0.2) is 18.8 Å². The van der Waals surface area contributed by atoms with Crippen LogP contribution in [0.1, 0.15) is 51.4 Å². The molecule has 1 heterocycles. The molecule has 0 aromatic carbocycles. The van der Waals surface area contributed by atoms with Crippen LogP contribution in [0.25, 0.3) is 0 Å². The van der Waals surface area contributed by atoms with E-state index in [1.165, 1.54) is 51.4 Å². The van der Waals surface area contributed by atoms with Gasteiger partial charge in [-0.2, -0.15) is 0 Å². The third-order valence-electron chi connectivity index (χ3n) is 3.99. The number of hydrogen-bond acceptors (Lipinski definition) is 2. The maximum Gasteiger partial charge on any atom is 0.0468 e. The summed E-state index contributed by atoms with van der Waals surface area (Å²) in [7, 11) is 0. The zero-order valence-corrected chi connectivity index (χ0v) is 9.13. The van der Waals surface area contributed by atoms with E-state index in [2.05, 4.69) is 0 Å². The predicted molar refractivity (Wildman–Crippen MR) is 58.2 cm³/mol. The molecule has 2 N–H and O–H groups in total. The highest BCUT2D eigenvalue weighted by Gasteiger charge is 2.29. The van der Waals surface area contributed by atoms with Gasteiger partial charge in [0.2, 0.25) is 0 Å². The average molecular weight is 197 g/mol. The van der Waals surface area contributed by atoms with Crippen molar-refractivity contribution in [3.8, 4) is 0 Å². The fourth-order valence-corrected chi connectivity index (χ4v) is 2.86. The molecule has 0 amide bonds. The van der Waals surface area contributed by atoms with E-state index in [1.54, 1.807) is 0 Å². The number of nitrogens with two attached hydrogens (primary N) is 1. The molecule has 0 unspecified atom stereocenters. The van der Waals surface area contributed by atoms with Crippen LogP contribution >= 0.6 is 0 Å². The lowest BCUT2D eigenvalue weighted by molar-refractivity contribution is 0.0612. The largest absolute Gasteiger partial charge is 0.381 e. The molecule has 2 fully saturated rings. The molecule has 0 radical (unpaired) electrons. The second-order valence-corrected chi connectivity index (χ2v) is 5.16. The standard InChI is InChI=1S/C12H23NO/c13-12(6-1-2-7-12)8-3-11-4-9-14-10-5-11/h11H,1-10,13H2. The highest BCUT2D eigenvalue weighted by Crippen LogP contribution is 2.33. The van der Waals surface area contributed by atoms with Gasteiger partial charge in [-0.25, -0.2) is 0 Å². The Morgan fingerprint density at radius 2 is 1.79 bits per heavy atom. The Balaban J connectivity index is 1.70. The molecule has 1 aliphatic carbocycles. The summed E-state index contributed by atoms with van der Waals surface area (Å²) in [5, 5.41) is 0. The van der Waals surface area contributed by atoms with E-state index in [1.807, 2.05) is 0 Å². The van der Waals surface area contributed by atoms with Crippen LogP contribution in [0, 0.1) is 5.92 Å². The third kappa shape index (κ3) is 2.71. The molecule has 1 aliphatic heterocycles. The van der Waals surface area contributed by atoms with Crippen LogP contribution in [0.3, 0.4) is 0 Å². The molecule has 82 valence electrons. The van der Waals surface area contributed by atoms with Gasteiger partial charge >= 0.3 is 0 Å². The van der Waals surface area contributed by atoms with Gasteiger partial charge < -0.3 is 10.5 Å². The first-order valence-corrected chi connectivity index (χ1v) is 6.15.